The highest BCUT2D eigenvalue weighted by Gasteiger charge is 2.39. The molecule has 146 valence electrons. The summed E-state index contributed by atoms with van der Waals surface area (Å²) in [5.41, 5.74) is 1.29. The van der Waals surface area contributed by atoms with Crippen molar-refractivity contribution in [3.8, 4) is 11.5 Å². The zero-order valence-electron chi connectivity index (χ0n) is 15.6. The number of anilines is 1. The second-order valence-electron chi connectivity index (χ2n) is 6.60. The maximum atomic E-state index is 13.0. The lowest BCUT2D eigenvalue weighted by Gasteiger charge is -2.16. The third kappa shape index (κ3) is 3.48. The molecular formula is C20H20N2O5S. The second-order valence-corrected chi connectivity index (χ2v) is 7.55. The SMILES string of the molecule is CC(C)OCCN1C(=O)C(Nc2ccc3c(c2)OCO3)=C(c2cccs2)C1=O. The quantitative estimate of drug-likeness (QED) is 0.720. The summed E-state index contributed by atoms with van der Waals surface area (Å²) in [6.45, 7) is 4.50. The van der Waals surface area contributed by atoms with Crippen molar-refractivity contribution in [2.45, 2.75) is 20.0 Å². The van der Waals surface area contributed by atoms with Gasteiger partial charge in [0, 0.05) is 16.6 Å². The molecule has 0 fully saturated rings. The topological polar surface area (TPSA) is 77.1 Å². The molecule has 0 aliphatic carbocycles. The Morgan fingerprint density at radius 3 is 2.75 bits per heavy atom. The number of amides is 2. The molecule has 7 nitrogen and oxygen atoms in total. The van der Waals surface area contributed by atoms with E-state index in [-0.39, 0.29) is 37.0 Å². The van der Waals surface area contributed by atoms with E-state index in [1.807, 2.05) is 31.4 Å². The first-order chi connectivity index (χ1) is 13.5. The number of rotatable bonds is 7. The van der Waals surface area contributed by atoms with Gasteiger partial charge in [0.25, 0.3) is 11.8 Å². The van der Waals surface area contributed by atoms with Crippen molar-refractivity contribution in [2.24, 2.45) is 0 Å². The molecule has 0 saturated carbocycles. The van der Waals surface area contributed by atoms with E-state index in [0.717, 1.165) is 4.88 Å². The van der Waals surface area contributed by atoms with Crippen molar-refractivity contribution in [3.63, 3.8) is 0 Å². The van der Waals surface area contributed by atoms with Crippen LogP contribution in [0.2, 0.25) is 0 Å². The predicted molar refractivity (Wildman–Crippen MR) is 105 cm³/mol. The molecule has 0 spiro atoms. The lowest BCUT2D eigenvalue weighted by Crippen LogP contribution is -2.35. The number of nitrogens with zero attached hydrogens (tertiary/aromatic N) is 1. The van der Waals surface area contributed by atoms with Crippen molar-refractivity contribution in [3.05, 3.63) is 46.3 Å². The third-order valence-electron chi connectivity index (χ3n) is 4.34. The zero-order valence-corrected chi connectivity index (χ0v) is 16.4. The zero-order chi connectivity index (χ0) is 19.7. The fraction of sp³-hybridized carbons (Fsp3) is 0.300. The van der Waals surface area contributed by atoms with Crippen LogP contribution in [0, 0.1) is 0 Å². The lowest BCUT2D eigenvalue weighted by molar-refractivity contribution is -0.137. The fourth-order valence-electron chi connectivity index (χ4n) is 3.04. The van der Waals surface area contributed by atoms with Gasteiger partial charge < -0.3 is 19.5 Å². The Morgan fingerprint density at radius 1 is 1.18 bits per heavy atom. The largest absolute Gasteiger partial charge is 0.454 e. The molecule has 1 aromatic carbocycles. The van der Waals surface area contributed by atoms with Crippen molar-refractivity contribution in [1.82, 2.24) is 4.90 Å². The van der Waals surface area contributed by atoms with E-state index in [9.17, 15) is 9.59 Å². The number of carbonyl (C=O) groups is 2. The molecule has 2 aromatic rings. The van der Waals surface area contributed by atoms with Crippen LogP contribution < -0.4 is 14.8 Å². The van der Waals surface area contributed by atoms with Gasteiger partial charge in [-0.2, -0.15) is 0 Å². The molecule has 8 heteroatoms. The summed E-state index contributed by atoms with van der Waals surface area (Å²) < 4.78 is 16.2. The van der Waals surface area contributed by atoms with Gasteiger partial charge in [0.2, 0.25) is 6.79 Å². The van der Waals surface area contributed by atoms with Crippen LogP contribution >= 0.6 is 11.3 Å². The average Bonchev–Trinajstić information content (AvgIpc) is 3.38. The molecule has 0 saturated heterocycles. The van der Waals surface area contributed by atoms with Gasteiger partial charge in [-0.05, 0) is 37.4 Å². The van der Waals surface area contributed by atoms with Crippen LogP contribution in [-0.4, -0.2) is 42.8 Å². The van der Waals surface area contributed by atoms with Gasteiger partial charge in [-0.3, -0.25) is 14.5 Å². The van der Waals surface area contributed by atoms with Gasteiger partial charge in [-0.15, -0.1) is 11.3 Å². The minimum atomic E-state index is -0.363. The molecule has 0 bridgehead atoms. The Labute approximate surface area is 166 Å². The first-order valence-corrected chi connectivity index (χ1v) is 9.85. The molecule has 2 amide bonds. The first-order valence-electron chi connectivity index (χ1n) is 8.97. The Balaban J connectivity index is 1.63. The summed E-state index contributed by atoms with van der Waals surface area (Å²) in [4.78, 5) is 28.0. The van der Waals surface area contributed by atoms with Crippen molar-refractivity contribution < 1.29 is 23.8 Å². The molecule has 1 aromatic heterocycles. The number of thiophene rings is 1. The van der Waals surface area contributed by atoms with E-state index in [2.05, 4.69) is 5.32 Å². The number of nitrogens with one attached hydrogen (secondary N) is 1. The Morgan fingerprint density at radius 2 is 2.00 bits per heavy atom. The number of carbonyl (C=O) groups excluding carboxylic acids is 2. The molecule has 1 N–H and O–H groups in total. The maximum absolute atomic E-state index is 13.0. The standard InChI is InChI=1S/C20H20N2O5S/c1-12(2)25-8-7-22-19(23)17(16-4-3-9-28-16)18(20(22)24)21-13-5-6-14-15(10-13)27-11-26-14/h3-6,9-10,12,21H,7-8,11H2,1-2H3. The fourth-order valence-corrected chi connectivity index (χ4v) is 3.81. The van der Waals surface area contributed by atoms with Crippen molar-refractivity contribution >= 4 is 34.4 Å². The van der Waals surface area contributed by atoms with Crippen LogP contribution in [-0.2, 0) is 14.3 Å². The molecular weight excluding hydrogens is 380 g/mol. The molecule has 4 rings (SSSR count). The summed E-state index contributed by atoms with van der Waals surface area (Å²) in [5, 5.41) is 4.99. The Kier molecular flexibility index (Phi) is 5.06. The molecule has 2 aliphatic heterocycles. The van der Waals surface area contributed by atoms with Crippen molar-refractivity contribution in [1.29, 1.82) is 0 Å². The normalized spacial score (nSPS) is 15.9. The smallest absolute Gasteiger partial charge is 0.278 e. The van der Waals surface area contributed by atoms with Crippen LogP contribution in [0.1, 0.15) is 18.7 Å². The second kappa shape index (κ2) is 7.65. The van der Waals surface area contributed by atoms with Crippen LogP contribution in [0.4, 0.5) is 5.69 Å². The lowest BCUT2D eigenvalue weighted by atomic mass is 10.2. The number of imide groups is 1. The summed E-state index contributed by atoms with van der Waals surface area (Å²) >= 11 is 1.42. The minimum absolute atomic E-state index is 0.0313. The minimum Gasteiger partial charge on any atom is -0.454 e. The number of ether oxygens (including phenoxy) is 3. The molecule has 28 heavy (non-hydrogen) atoms. The maximum Gasteiger partial charge on any atom is 0.278 e. The predicted octanol–water partition coefficient (Wildman–Crippen LogP) is 3.09. The number of hydrogen-bond donors (Lipinski definition) is 1. The van der Waals surface area contributed by atoms with Gasteiger partial charge in [0.15, 0.2) is 11.5 Å². The molecule has 0 radical (unpaired) electrons. The Bertz CT molecular complexity index is 936. The van der Waals surface area contributed by atoms with Gasteiger partial charge in [-0.1, -0.05) is 6.07 Å². The van der Waals surface area contributed by atoms with Gasteiger partial charge in [0.1, 0.15) is 5.70 Å². The Hall–Kier alpha value is -2.84. The molecule has 0 atom stereocenters. The highest BCUT2D eigenvalue weighted by Crippen LogP contribution is 2.37. The third-order valence-corrected chi connectivity index (χ3v) is 5.23. The van der Waals surface area contributed by atoms with E-state index in [0.29, 0.717) is 29.4 Å². The average molecular weight is 400 g/mol. The van der Waals surface area contributed by atoms with E-state index >= 15 is 0 Å². The summed E-state index contributed by atoms with van der Waals surface area (Å²) in [7, 11) is 0. The van der Waals surface area contributed by atoms with Gasteiger partial charge >= 0.3 is 0 Å². The highest BCUT2D eigenvalue weighted by molar-refractivity contribution is 7.11. The summed E-state index contributed by atoms with van der Waals surface area (Å²) in [5.74, 6) is 0.572. The van der Waals surface area contributed by atoms with Crippen LogP contribution in [0.3, 0.4) is 0 Å². The molecule has 2 aliphatic rings. The number of fused-ring (bicyclic) bond motifs is 1. The van der Waals surface area contributed by atoms with E-state index in [1.165, 1.54) is 16.2 Å². The van der Waals surface area contributed by atoms with Crippen LogP contribution in [0.15, 0.2) is 41.4 Å². The van der Waals surface area contributed by atoms with Crippen LogP contribution in [0.5, 0.6) is 11.5 Å². The summed E-state index contributed by atoms with van der Waals surface area (Å²) in [6, 6.07) is 9.00. The molecule has 0 unspecified atom stereocenters. The first kappa shape index (κ1) is 18.5. The van der Waals surface area contributed by atoms with Crippen molar-refractivity contribution in [2.75, 3.05) is 25.3 Å². The number of benzene rings is 1. The monoisotopic (exact) mass is 400 g/mol. The van der Waals surface area contributed by atoms with E-state index in [1.54, 1.807) is 18.2 Å². The highest BCUT2D eigenvalue weighted by atomic mass is 32.1. The number of hydrogen-bond acceptors (Lipinski definition) is 7. The van der Waals surface area contributed by atoms with E-state index in [4.69, 9.17) is 14.2 Å². The molecule has 3 heterocycles. The summed E-state index contributed by atoms with van der Waals surface area (Å²) in [6.07, 6.45) is 0.0313. The van der Waals surface area contributed by atoms with Crippen LogP contribution in [0.25, 0.3) is 5.57 Å². The van der Waals surface area contributed by atoms with Gasteiger partial charge in [0.05, 0.1) is 24.8 Å². The van der Waals surface area contributed by atoms with Gasteiger partial charge in [-0.25, -0.2) is 0 Å². The van der Waals surface area contributed by atoms with E-state index < -0.39 is 0 Å².